The van der Waals surface area contributed by atoms with Crippen molar-refractivity contribution in [3.63, 3.8) is 0 Å². The average molecular weight is 290 g/mol. The van der Waals surface area contributed by atoms with Crippen molar-refractivity contribution in [2.45, 2.75) is 19.9 Å². The molecule has 2 nitrogen and oxygen atoms in total. The fourth-order valence-electron chi connectivity index (χ4n) is 2.36. The van der Waals surface area contributed by atoms with E-state index in [1.54, 1.807) is 0 Å². The molecule has 0 bridgehead atoms. The summed E-state index contributed by atoms with van der Waals surface area (Å²) in [6.45, 7) is 3.60. The Bertz CT molecular complexity index is 599. The normalized spacial score (nSPS) is 10.7. The van der Waals surface area contributed by atoms with Gasteiger partial charge in [0.05, 0.1) is 0 Å². The second-order valence-electron chi connectivity index (χ2n) is 5.09. The minimum absolute atomic E-state index is 0.328. The molecule has 0 atom stereocenters. The van der Waals surface area contributed by atoms with E-state index in [9.17, 15) is 8.78 Å². The van der Waals surface area contributed by atoms with Gasteiger partial charge in [-0.1, -0.05) is 18.2 Å². The molecule has 0 spiro atoms. The predicted octanol–water partition coefficient (Wildman–Crippen LogP) is 3.63. The Hall–Kier alpha value is -1.94. The first-order valence-corrected chi connectivity index (χ1v) is 7.06. The minimum Gasteiger partial charge on any atom is -0.367 e. The van der Waals surface area contributed by atoms with E-state index in [1.807, 2.05) is 36.1 Å². The maximum atomic E-state index is 13.9. The number of benzene rings is 2. The second kappa shape index (κ2) is 7.18. The van der Waals surface area contributed by atoms with Crippen LogP contribution in [0.3, 0.4) is 0 Å². The van der Waals surface area contributed by atoms with Crippen molar-refractivity contribution in [2.75, 3.05) is 18.0 Å². The van der Waals surface area contributed by atoms with Crippen LogP contribution < -0.4 is 10.6 Å². The third kappa shape index (κ3) is 4.02. The molecule has 0 amide bonds. The molecule has 4 heteroatoms. The van der Waals surface area contributed by atoms with Gasteiger partial charge in [0, 0.05) is 24.3 Å². The monoisotopic (exact) mass is 290 g/mol. The minimum atomic E-state index is -0.421. The van der Waals surface area contributed by atoms with Gasteiger partial charge in [0.25, 0.3) is 0 Å². The molecule has 112 valence electrons. The van der Waals surface area contributed by atoms with E-state index in [2.05, 4.69) is 0 Å². The van der Waals surface area contributed by atoms with Crippen LogP contribution in [0.2, 0.25) is 0 Å². The van der Waals surface area contributed by atoms with Crippen LogP contribution in [0, 0.1) is 18.6 Å². The quantitative estimate of drug-likeness (QED) is 0.880. The third-order valence-electron chi connectivity index (χ3n) is 3.46. The number of hydrogen-bond acceptors (Lipinski definition) is 2. The molecule has 0 aliphatic rings. The molecule has 0 saturated heterocycles. The van der Waals surface area contributed by atoms with Crippen molar-refractivity contribution < 1.29 is 8.78 Å². The molecule has 2 N–H and O–H groups in total. The molecule has 0 aliphatic carbocycles. The molecule has 0 saturated carbocycles. The van der Waals surface area contributed by atoms with Crippen LogP contribution in [0.1, 0.15) is 17.5 Å². The zero-order valence-electron chi connectivity index (χ0n) is 12.2. The summed E-state index contributed by atoms with van der Waals surface area (Å²) in [5, 5.41) is 0. The van der Waals surface area contributed by atoms with Gasteiger partial charge in [-0.15, -0.1) is 0 Å². The predicted molar refractivity (Wildman–Crippen MR) is 82.3 cm³/mol. The van der Waals surface area contributed by atoms with Crippen LogP contribution in [0.15, 0.2) is 42.5 Å². The number of halogens is 2. The summed E-state index contributed by atoms with van der Waals surface area (Å²) in [7, 11) is 0. The fourth-order valence-corrected chi connectivity index (χ4v) is 2.36. The molecular weight excluding hydrogens is 270 g/mol. The second-order valence-corrected chi connectivity index (χ2v) is 5.09. The Balaban J connectivity index is 2.28. The van der Waals surface area contributed by atoms with E-state index in [1.165, 1.54) is 12.1 Å². The molecule has 0 unspecified atom stereocenters. The molecular formula is C17H20F2N2. The first kappa shape index (κ1) is 15.4. The summed E-state index contributed by atoms with van der Waals surface area (Å²) < 4.78 is 27.2. The van der Waals surface area contributed by atoms with Crippen LogP contribution >= 0.6 is 0 Å². The largest absolute Gasteiger partial charge is 0.367 e. The van der Waals surface area contributed by atoms with E-state index in [-0.39, 0.29) is 5.82 Å². The molecule has 2 aromatic carbocycles. The van der Waals surface area contributed by atoms with E-state index in [0.29, 0.717) is 25.2 Å². The summed E-state index contributed by atoms with van der Waals surface area (Å²) in [6, 6.07) is 11.5. The van der Waals surface area contributed by atoms with Gasteiger partial charge < -0.3 is 10.6 Å². The summed E-state index contributed by atoms with van der Waals surface area (Å²) >= 11 is 0. The Kier molecular flexibility index (Phi) is 5.28. The topological polar surface area (TPSA) is 29.3 Å². The molecule has 2 rings (SSSR count). The highest BCUT2D eigenvalue weighted by Crippen LogP contribution is 2.23. The number of hydrogen-bond donors (Lipinski definition) is 1. The van der Waals surface area contributed by atoms with Gasteiger partial charge in [-0.25, -0.2) is 8.78 Å². The number of nitrogens with two attached hydrogens (primary N) is 1. The van der Waals surface area contributed by atoms with E-state index < -0.39 is 5.82 Å². The number of anilines is 1. The lowest BCUT2D eigenvalue weighted by Gasteiger charge is -2.26. The van der Waals surface area contributed by atoms with Gasteiger partial charge >= 0.3 is 0 Å². The molecule has 0 aliphatic heterocycles. The lowest BCUT2D eigenvalue weighted by molar-refractivity contribution is 0.579. The van der Waals surface area contributed by atoms with Crippen molar-refractivity contribution in [1.82, 2.24) is 0 Å². The van der Waals surface area contributed by atoms with Crippen LogP contribution in [0.5, 0.6) is 0 Å². The van der Waals surface area contributed by atoms with Crippen molar-refractivity contribution >= 4 is 5.69 Å². The number of para-hydroxylation sites is 1. The maximum absolute atomic E-state index is 13.9. The molecule has 0 heterocycles. The highest BCUT2D eigenvalue weighted by Gasteiger charge is 2.12. The Labute approximate surface area is 124 Å². The van der Waals surface area contributed by atoms with Gasteiger partial charge in [-0.3, -0.25) is 0 Å². The van der Waals surface area contributed by atoms with Crippen molar-refractivity contribution in [1.29, 1.82) is 0 Å². The number of aryl methyl sites for hydroxylation is 1. The van der Waals surface area contributed by atoms with E-state index in [0.717, 1.165) is 23.7 Å². The van der Waals surface area contributed by atoms with E-state index in [4.69, 9.17) is 5.73 Å². The van der Waals surface area contributed by atoms with Crippen molar-refractivity contribution in [3.8, 4) is 0 Å². The average Bonchev–Trinajstić information content (AvgIpc) is 2.48. The Morgan fingerprint density at radius 1 is 1.10 bits per heavy atom. The van der Waals surface area contributed by atoms with Gasteiger partial charge in [0.15, 0.2) is 0 Å². The Morgan fingerprint density at radius 3 is 2.57 bits per heavy atom. The number of nitrogens with zero attached hydrogens (tertiary/aromatic N) is 1. The zero-order valence-corrected chi connectivity index (χ0v) is 12.2. The standard InChI is InChI=1S/C17H20F2N2/c1-13-5-2-3-6-17(13)21(10-4-9-20)12-14-11-15(18)7-8-16(14)19/h2-3,5-8,11H,4,9-10,12,20H2,1H3. The molecule has 2 aromatic rings. The van der Waals surface area contributed by atoms with Crippen LogP contribution in [-0.4, -0.2) is 13.1 Å². The highest BCUT2D eigenvalue weighted by atomic mass is 19.1. The fraction of sp³-hybridized carbons (Fsp3) is 0.294. The molecule has 21 heavy (non-hydrogen) atoms. The Morgan fingerprint density at radius 2 is 1.86 bits per heavy atom. The lowest BCUT2D eigenvalue weighted by Crippen LogP contribution is -2.26. The van der Waals surface area contributed by atoms with Gasteiger partial charge in [-0.05, 0) is 49.7 Å². The first-order valence-electron chi connectivity index (χ1n) is 7.06. The van der Waals surface area contributed by atoms with Crippen LogP contribution in [-0.2, 0) is 6.54 Å². The van der Waals surface area contributed by atoms with Gasteiger partial charge in [0.2, 0.25) is 0 Å². The van der Waals surface area contributed by atoms with Gasteiger partial charge in [-0.2, -0.15) is 0 Å². The van der Waals surface area contributed by atoms with Crippen LogP contribution in [0.4, 0.5) is 14.5 Å². The van der Waals surface area contributed by atoms with Crippen LogP contribution in [0.25, 0.3) is 0 Å². The third-order valence-corrected chi connectivity index (χ3v) is 3.46. The van der Waals surface area contributed by atoms with Gasteiger partial charge in [0.1, 0.15) is 11.6 Å². The molecule has 0 aromatic heterocycles. The number of rotatable bonds is 6. The molecule has 0 fully saturated rings. The summed E-state index contributed by atoms with van der Waals surface area (Å²) in [5.41, 5.74) is 8.06. The SMILES string of the molecule is Cc1ccccc1N(CCCN)Cc1cc(F)ccc1F. The lowest BCUT2D eigenvalue weighted by atomic mass is 10.1. The summed E-state index contributed by atoms with van der Waals surface area (Å²) in [6.07, 6.45) is 0.797. The van der Waals surface area contributed by atoms with E-state index >= 15 is 0 Å². The smallest absolute Gasteiger partial charge is 0.128 e. The maximum Gasteiger partial charge on any atom is 0.128 e. The first-order chi connectivity index (χ1) is 10.1. The summed E-state index contributed by atoms with van der Waals surface area (Å²) in [4.78, 5) is 2.04. The zero-order chi connectivity index (χ0) is 15.2. The van der Waals surface area contributed by atoms with Crippen molar-refractivity contribution in [3.05, 3.63) is 65.2 Å². The van der Waals surface area contributed by atoms with Crippen molar-refractivity contribution in [2.24, 2.45) is 5.73 Å². The summed E-state index contributed by atoms with van der Waals surface area (Å²) in [5.74, 6) is -0.808. The molecule has 0 radical (unpaired) electrons. The highest BCUT2D eigenvalue weighted by molar-refractivity contribution is 5.53.